The van der Waals surface area contributed by atoms with Crippen molar-refractivity contribution in [2.75, 3.05) is 6.61 Å². The smallest absolute Gasteiger partial charge is 0.339 e. The van der Waals surface area contributed by atoms with Gasteiger partial charge in [-0.05, 0) is 73.2 Å². The van der Waals surface area contributed by atoms with Crippen molar-refractivity contribution in [2.24, 2.45) is 0 Å². The third-order valence-corrected chi connectivity index (χ3v) is 5.23. The highest BCUT2D eigenvalue weighted by molar-refractivity contribution is 6.06. The molecule has 0 aliphatic rings. The largest absolute Gasteiger partial charge is 0.462 e. The standard InChI is InChI=1S/C23H24O2/c1-6-25-23(24)22-17(5)15(3)14(2)16(4)21(22)20-13-9-11-18-10-7-8-12-19(18)20/h7-13H,6H2,1-5H3. The molecule has 0 N–H and O–H groups in total. The lowest BCUT2D eigenvalue weighted by Crippen LogP contribution is -2.12. The quantitative estimate of drug-likeness (QED) is 0.557. The summed E-state index contributed by atoms with van der Waals surface area (Å²) in [5.41, 5.74) is 7.31. The van der Waals surface area contributed by atoms with E-state index in [1.54, 1.807) is 0 Å². The lowest BCUT2D eigenvalue weighted by atomic mass is 9.84. The van der Waals surface area contributed by atoms with Crippen molar-refractivity contribution in [1.29, 1.82) is 0 Å². The van der Waals surface area contributed by atoms with E-state index in [1.807, 2.05) is 26.0 Å². The molecule has 0 bridgehead atoms. The van der Waals surface area contributed by atoms with E-state index < -0.39 is 0 Å². The van der Waals surface area contributed by atoms with Gasteiger partial charge in [0.25, 0.3) is 0 Å². The Bertz CT molecular complexity index is 962. The van der Waals surface area contributed by atoms with E-state index in [1.165, 1.54) is 10.9 Å². The van der Waals surface area contributed by atoms with Crippen LogP contribution in [0.15, 0.2) is 42.5 Å². The summed E-state index contributed by atoms with van der Waals surface area (Å²) in [5.74, 6) is -0.242. The predicted molar refractivity (Wildman–Crippen MR) is 104 cm³/mol. The molecule has 0 aromatic heterocycles. The normalized spacial score (nSPS) is 10.9. The van der Waals surface area contributed by atoms with Gasteiger partial charge in [0.1, 0.15) is 0 Å². The second-order valence-electron chi connectivity index (χ2n) is 6.50. The number of carbonyl (C=O) groups is 1. The van der Waals surface area contributed by atoms with E-state index in [9.17, 15) is 4.79 Å². The number of carbonyl (C=O) groups excluding carboxylic acids is 1. The van der Waals surface area contributed by atoms with Crippen LogP contribution in [0.1, 0.15) is 39.5 Å². The highest BCUT2D eigenvalue weighted by atomic mass is 16.5. The molecule has 25 heavy (non-hydrogen) atoms. The van der Waals surface area contributed by atoms with Crippen molar-refractivity contribution in [1.82, 2.24) is 0 Å². The fraction of sp³-hybridized carbons (Fsp3) is 0.261. The van der Waals surface area contributed by atoms with Gasteiger partial charge in [0, 0.05) is 5.56 Å². The molecule has 0 saturated heterocycles. The van der Waals surface area contributed by atoms with E-state index in [-0.39, 0.29) is 5.97 Å². The van der Waals surface area contributed by atoms with Gasteiger partial charge in [-0.2, -0.15) is 0 Å². The lowest BCUT2D eigenvalue weighted by Gasteiger charge is -2.21. The second-order valence-corrected chi connectivity index (χ2v) is 6.50. The van der Waals surface area contributed by atoms with Crippen molar-refractivity contribution in [2.45, 2.75) is 34.6 Å². The number of fused-ring (bicyclic) bond motifs is 1. The van der Waals surface area contributed by atoms with Gasteiger partial charge < -0.3 is 4.74 Å². The molecule has 0 heterocycles. The summed E-state index contributed by atoms with van der Waals surface area (Å²) in [4.78, 5) is 12.8. The van der Waals surface area contributed by atoms with E-state index in [0.29, 0.717) is 12.2 Å². The first kappa shape index (κ1) is 17.2. The molecule has 3 rings (SSSR count). The van der Waals surface area contributed by atoms with Gasteiger partial charge in [0.2, 0.25) is 0 Å². The van der Waals surface area contributed by atoms with Crippen LogP contribution in [0, 0.1) is 27.7 Å². The minimum absolute atomic E-state index is 0.242. The summed E-state index contributed by atoms with van der Waals surface area (Å²) in [6.45, 7) is 10.5. The van der Waals surface area contributed by atoms with Crippen LogP contribution in [0.25, 0.3) is 21.9 Å². The highest BCUT2D eigenvalue weighted by Crippen LogP contribution is 2.38. The van der Waals surface area contributed by atoms with Gasteiger partial charge in [-0.25, -0.2) is 4.79 Å². The van der Waals surface area contributed by atoms with Gasteiger partial charge in [0.15, 0.2) is 0 Å². The molecule has 0 aliphatic carbocycles. The number of hydrogen-bond donors (Lipinski definition) is 0. The number of esters is 1. The summed E-state index contributed by atoms with van der Waals surface area (Å²) < 4.78 is 5.39. The Kier molecular flexibility index (Phi) is 4.63. The summed E-state index contributed by atoms with van der Waals surface area (Å²) in [7, 11) is 0. The molecule has 2 heteroatoms. The molecular weight excluding hydrogens is 308 g/mol. The summed E-state index contributed by atoms with van der Waals surface area (Å²) >= 11 is 0. The molecule has 128 valence electrons. The molecule has 0 amide bonds. The molecule has 0 aliphatic heterocycles. The third-order valence-electron chi connectivity index (χ3n) is 5.23. The molecule has 2 nitrogen and oxygen atoms in total. The Labute approximate surface area is 149 Å². The Morgan fingerprint density at radius 2 is 1.48 bits per heavy atom. The Hall–Kier alpha value is -2.61. The zero-order valence-electron chi connectivity index (χ0n) is 15.6. The Morgan fingerprint density at radius 1 is 0.840 bits per heavy atom. The first-order valence-electron chi connectivity index (χ1n) is 8.73. The average molecular weight is 332 g/mol. The molecule has 0 radical (unpaired) electrons. The van der Waals surface area contributed by atoms with Gasteiger partial charge >= 0.3 is 5.97 Å². The monoisotopic (exact) mass is 332 g/mol. The van der Waals surface area contributed by atoms with Crippen LogP contribution >= 0.6 is 0 Å². The topological polar surface area (TPSA) is 26.3 Å². The summed E-state index contributed by atoms with van der Waals surface area (Å²) in [6.07, 6.45) is 0. The first-order valence-corrected chi connectivity index (χ1v) is 8.73. The van der Waals surface area contributed by atoms with E-state index in [4.69, 9.17) is 4.74 Å². The van der Waals surface area contributed by atoms with Gasteiger partial charge in [-0.1, -0.05) is 42.5 Å². The number of ether oxygens (including phenoxy) is 1. The van der Waals surface area contributed by atoms with Crippen LogP contribution in [0.3, 0.4) is 0 Å². The molecule has 3 aromatic carbocycles. The van der Waals surface area contributed by atoms with Gasteiger partial charge in [-0.15, -0.1) is 0 Å². The van der Waals surface area contributed by atoms with Gasteiger partial charge in [0.05, 0.1) is 12.2 Å². The van der Waals surface area contributed by atoms with Crippen molar-refractivity contribution in [3.05, 3.63) is 70.3 Å². The number of hydrogen-bond acceptors (Lipinski definition) is 2. The molecule has 0 fully saturated rings. The van der Waals surface area contributed by atoms with Gasteiger partial charge in [-0.3, -0.25) is 0 Å². The van der Waals surface area contributed by atoms with Crippen molar-refractivity contribution in [3.63, 3.8) is 0 Å². The molecule has 0 unspecified atom stereocenters. The predicted octanol–water partition coefficient (Wildman–Crippen LogP) is 5.92. The maximum absolute atomic E-state index is 12.8. The fourth-order valence-corrected chi connectivity index (χ4v) is 3.55. The van der Waals surface area contributed by atoms with Crippen LogP contribution in [0.5, 0.6) is 0 Å². The first-order chi connectivity index (χ1) is 12.0. The SMILES string of the molecule is CCOC(=O)c1c(C)c(C)c(C)c(C)c1-c1cccc2ccccc12. The van der Waals surface area contributed by atoms with Crippen molar-refractivity contribution < 1.29 is 9.53 Å². The molecule has 3 aromatic rings. The van der Waals surface area contributed by atoms with E-state index in [2.05, 4.69) is 51.1 Å². The maximum atomic E-state index is 12.8. The number of rotatable bonds is 3. The number of benzene rings is 3. The Morgan fingerprint density at radius 3 is 2.20 bits per heavy atom. The zero-order valence-corrected chi connectivity index (χ0v) is 15.6. The maximum Gasteiger partial charge on any atom is 0.339 e. The van der Waals surface area contributed by atoms with Crippen molar-refractivity contribution >= 4 is 16.7 Å². The van der Waals surface area contributed by atoms with Crippen LogP contribution < -0.4 is 0 Å². The third kappa shape index (κ3) is 2.82. The fourth-order valence-electron chi connectivity index (χ4n) is 3.55. The van der Waals surface area contributed by atoms with Crippen LogP contribution in [-0.2, 0) is 4.74 Å². The van der Waals surface area contributed by atoms with Crippen LogP contribution in [-0.4, -0.2) is 12.6 Å². The van der Waals surface area contributed by atoms with Crippen LogP contribution in [0.4, 0.5) is 0 Å². The van der Waals surface area contributed by atoms with E-state index in [0.717, 1.165) is 33.2 Å². The molecule has 0 saturated carbocycles. The molecule has 0 atom stereocenters. The summed E-state index contributed by atoms with van der Waals surface area (Å²) in [6, 6.07) is 14.6. The molecular formula is C23H24O2. The summed E-state index contributed by atoms with van der Waals surface area (Å²) in [5, 5.41) is 2.33. The Balaban J connectivity index is 2.44. The minimum atomic E-state index is -0.242. The zero-order chi connectivity index (χ0) is 18.1. The second kappa shape index (κ2) is 6.72. The van der Waals surface area contributed by atoms with Crippen molar-refractivity contribution in [3.8, 4) is 11.1 Å². The average Bonchev–Trinajstić information content (AvgIpc) is 2.62. The highest BCUT2D eigenvalue weighted by Gasteiger charge is 2.23. The van der Waals surface area contributed by atoms with E-state index >= 15 is 0 Å². The lowest BCUT2D eigenvalue weighted by molar-refractivity contribution is 0.0526. The van der Waals surface area contributed by atoms with Crippen LogP contribution in [0.2, 0.25) is 0 Å². The molecule has 0 spiro atoms. The minimum Gasteiger partial charge on any atom is -0.462 e.